The minimum Gasteiger partial charge on any atom is -0.313 e. The van der Waals surface area contributed by atoms with E-state index in [1.165, 1.54) is 12.8 Å². The second-order valence-corrected chi connectivity index (χ2v) is 5.62. The molecule has 0 aromatic carbocycles. The molecule has 1 N–H and O–H groups in total. The first-order valence-corrected chi connectivity index (χ1v) is 6.89. The molecule has 0 amide bonds. The molecule has 1 aliphatic carbocycles. The molecule has 1 atom stereocenters. The fourth-order valence-corrected chi connectivity index (χ4v) is 3.21. The summed E-state index contributed by atoms with van der Waals surface area (Å²) in [5.41, 5.74) is 1.79. The molecular formula is C9H15N3S2. The summed E-state index contributed by atoms with van der Waals surface area (Å²) in [5.74, 6) is 2.05. The molecule has 1 unspecified atom stereocenters. The van der Waals surface area contributed by atoms with Crippen LogP contribution < -0.4 is 5.32 Å². The Morgan fingerprint density at radius 2 is 2.57 bits per heavy atom. The molecule has 0 aliphatic heterocycles. The number of nitrogens with zero attached hydrogens (tertiary/aromatic N) is 2. The van der Waals surface area contributed by atoms with E-state index in [-0.39, 0.29) is 0 Å². The molecule has 1 aromatic heterocycles. The first-order valence-electron chi connectivity index (χ1n) is 5.02. The van der Waals surface area contributed by atoms with Crippen LogP contribution in [0.5, 0.6) is 0 Å². The van der Waals surface area contributed by atoms with Crippen LogP contribution in [0.3, 0.4) is 0 Å². The minimum atomic E-state index is 0.675. The largest absolute Gasteiger partial charge is 0.313 e. The van der Waals surface area contributed by atoms with Gasteiger partial charge < -0.3 is 5.32 Å². The quantitative estimate of drug-likeness (QED) is 0.757. The minimum absolute atomic E-state index is 0.675. The molecule has 3 nitrogen and oxygen atoms in total. The Balaban J connectivity index is 1.76. The van der Waals surface area contributed by atoms with Gasteiger partial charge in [-0.1, -0.05) is 30.0 Å². The highest BCUT2D eigenvalue weighted by Crippen LogP contribution is 2.35. The Labute approximate surface area is 92.7 Å². The number of rotatable bonds is 6. The van der Waals surface area contributed by atoms with E-state index in [4.69, 9.17) is 0 Å². The van der Waals surface area contributed by atoms with Crippen molar-refractivity contribution in [1.29, 1.82) is 0 Å². The zero-order valence-electron chi connectivity index (χ0n) is 8.27. The van der Waals surface area contributed by atoms with Gasteiger partial charge >= 0.3 is 0 Å². The van der Waals surface area contributed by atoms with Crippen molar-refractivity contribution in [3.63, 3.8) is 0 Å². The predicted octanol–water partition coefficient (Wildman–Crippen LogP) is 2.02. The number of thioether (sulfide) groups is 1. The van der Waals surface area contributed by atoms with Gasteiger partial charge in [0, 0.05) is 11.8 Å². The van der Waals surface area contributed by atoms with Crippen LogP contribution in [0.25, 0.3) is 0 Å². The van der Waals surface area contributed by atoms with E-state index in [2.05, 4.69) is 22.4 Å². The van der Waals surface area contributed by atoms with Gasteiger partial charge in [0.2, 0.25) is 0 Å². The van der Waals surface area contributed by atoms with Gasteiger partial charge in [-0.25, -0.2) is 0 Å². The second kappa shape index (κ2) is 5.09. The van der Waals surface area contributed by atoms with E-state index in [0.29, 0.717) is 6.04 Å². The summed E-state index contributed by atoms with van der Waals surface area (Å²) in [6.07, 6.45) is 2.79. The topological polar surface area (TPSA) is 37.8 Å². The standard InChI is InChI=1S/C9H15N3S2/c1-2-10-8(7-3-4-7)5-13-9-12-11-6-14-9/h6-8,10H,2-5H2,1H3. The van der Waals surface area contributed by atoms with Crippen molar-refractivity contribution in [3.05, 3.63) is 5.51 Å². The summed E-state index contributed by atoms with van der Waals surface area (Å²) in [6, 6.07) is 0.675. The monoisotopic (exact) mass is 229 g/mol. The van der Waals surface area contributed by atoms with Gasteiger partial charge in [0.05, 0.1) is 0 Å². The fraction of sp³-hybridized carbons (Fsp3) is 0.778. The van der Waals surface area contributed by atoms with Crippen molar-refractivity contribution in [2.45, 2.75) is 30.1 Å². The van der Waals surface area contributed by atoms with Crippen LogP contribution in [0.1, 0.15) is 19.8 Å². The van der Waals surface area contributed by atoms with Crippen LogP contribution in [0.2, 0.25) is 0 Å². The zero-order chi connectivity index (χ0) is 9.80. The molecule has 1 aromatic rings. The van der Waals surface area contributed by atoms with Crippen LogP contribution in [0.15, 0.2) is 9.85 Å². The first kappa shape index (κ1) is 10.4. The summed E-state index contributed by atoms with van der Waals surface area (Å²) in [7, 11) is 0. The van der Waals surface area contributed by atoms with Crippen LogP contribution >= 0.6 is 23.1 Å². The number of hydrogen-bond donors (Lipinski definition) is 1. The maximum atomic E-state index is 4.03. The molecule has 2 rings (SSSR count). The Morgan fingerprint density at radius 3 is 3.14 bits per heavy atom. The van der Waals surface area contributed by atoms with Crippen molar-refractivity contribution in [3.8, 4) is 0 Å². The zero-order valence-corrected chi connectivity index (χ0v) is 9.90. The Morgan fingerprint density at radius 1 is 1.71 bits per heavy atom. The second-order valence-electron chi connectivity index (χ2n) is 3.52. The number of nitrogens with one attached hydrogen (secondary N) is 1. The molecule has 5 heteroatoms. The van der Waals surface area contributed by atoms with Crippen LogP contribution in [0, 0.1) is 5.92 Å². The Hall–Kier alpha value is -0.130. The average Bonchev–Trinajstić information content (AvgIpc) is 2.90. The van der Waals surface area contributed by atoms with E-state index in [1.54, 1.807) is 16.8 Å². The summed E-state index contributed by atoms with van der Waals surface area (Å²) in [6.45, 7) is 3.24. The maximum absolute atomic E-state index is 4.03. The highest BCUT2D eigenvalue weighted by atomic mass is 32.2. The van der Waals surface area contributed by atoms with Gasteiger partial charge in [-0.3, -0.25) is 0 Å². The third-order valence-corrected chi connectivity index (χ3v) is 4.36. The summed E-state index contributed by atoms with van der Waals surface area (Å²) < 4.78 is 1.09. The molecule has 0 bridgehead atoms. The lowest BCUT2D eigenvalue weighted by molar-refractivity contribution is 0.519. The molecule has 1 aliphatic rings. The van der Waals surface area contributed by atoms with Gasteiger partial charge in [0.15, 0.2) is 4.34 Å². The third-order valence-electron chi connectivity index (χ3n) is 2.38. The molecule has 14 heavy (non-hydrogen) atoms. The van der Waals surface area contributed by atoms with Crippen molar-refractivity contribution < 1.29 is 0 Å². The fourth-order valence-electron chi connectivity index (χ4n) is 1.51. The lowest BCUT2D eigenvalue weighted by Gasteiger charge is -2.15. The lowest BCUT2D eigenvalue weighted by Crippen LogP contribution is -2.33. The van der Waals surface area contributed by atoms with Gasteiger partial charge in [0.1, 0.15) is 5.51 Å². The van der Waals surface area contributed by atoms with Crippen molar-refractivity contribution >= 4 is 23.1 Å². The van der Waals surface area contributed by atoms with Crippen LogP contribution in [0.4, 0.5) is 0 Å². The summed E-state index contributed by atoms with van der Waals surface area (Å²) >= 11 is 3.45. The van der Waals surface area contributed by atoms with Crippen molar-refractivity contribution in [2.24, 2.45) is 5.92 Å². The number of aromatic nitrogens is 2. The number of hydrogen-bond acceptors (Lipinski definition) is 5. The van der Waals surface area contributed by atoms with E-state index >= 15 is 0 Å². The summed E-state index contributed by atoms with van der Waals surface area (Å²) in [5, 5.41) is 11.4. The van der Waals surface area contributed by atoms with Gasteiger partial charge in [0.25, 0.3) is 0 Å². The van der Waals surface area contributed by atoms with Crippen molar-refractivity contribution in [2.75, 3.05) is 12.3 Å². The van der Waals surface area contributed by atoms with Gasteiger partial charge in [-0.15, -0.1) is 10.2 Å². The normalized spacial score (nSPS) is 18.4. The average molecular weight is 229 g/mol. The molecule has 0 radical (unpaired) electrons. The van der Waals surface area contributed by atoms with Crippen LogP contribution in [-0.4, -0.2) is 28.5 Å². The summed E-state index contributed by atoms with van der Waals surface area (Å²) in [4.78, 5) is 0. The molecule has 0 spiro atoms. The highest BCUT2D eigenvalue weighted by Gasteiger charge is 2.30. The van der Waals surface area contributed by atoms with Gasteiger partial charge in [-0.2, -0.15) is 0 Å². The Kier molecular flexibility index (Phi) is 3.78. The molecule has 1 heterocycles. The molecule has 0 saturated heterocycles. The van der Waals surface area contributed by atoms with E-state index in [1.807, 2.05) is 11.8 Å². The smallest absolute Gasteiger partial charge is 0.174 e. The van der Waals surface area contributed by atoms with E-state index in [0.717, 1.165) is 22.6 Å². The van der Waals surface area contributed by atoms with E-state index in [9.17, 15) is 0 Å². The molecular weight excluding hydrogens is 214 g/mol. The van der Waals surface area contributed by atoms with Crippen LogP contribution in [-0.2, 0) is 0 Å². The highest BCUT2D eigenvalue weighted by molar-refractivity contribution is 8.01. The van der Waals surface area contributed by atoms with E-state index < -0.39 is 0 Å². The molecule has 1 fully saturated rings. The lowest BCUT2D eigenvalue weighted by atomic mass is 10.2. The van der Waals surface area contributed by atoms with Crippen molar-refractivity contribution in [1.82, 2.24) is 15.5 Å². The van der Waals surface area contributed by atoms with Gasteiger partial charge in [-0.05, 0) is 25.3 Å². The molecule has 1 saturated carbocycles. The molecule has 78 valence electrons. The third kappa shape index (κ3) is 2.93. The Bertz CT molecular complexity index is 259. The SMILES string of the molecule is CCNC(CSc1nncs1)C1CC1. The first-order chi connectivity index (χ1) is 6.90. The maximum Gasteiger partial charge on any atom is 0.174 e. The predicted molar refractivity (Wildman–Crippen MR) is 60.8 cm³/mol.